The molecule has 0 saturated carbocycles. The van der Waals surface area contributed by atoms with Gasteiger partial charge in [0.25, 0.3) is 11.8 Å². The third-order valence-electron chi connectivity index (χ3n) is 7.45. The van der Waals surface area contributed by atoms with Crippen molar-refractivity contribution in [2.45, 2.75) is 32.4 Å². The molecule has 1 atom stereocenters. The fraction of sp³-hybridized carbons (Fsp3) is 0.194. The molecule has 40 heavy (non-hydrogen) atoms. The van der Waals surface area contributed by atoms with Crippen LogP contribution in [0.3, 0.4) is 0 Å². The SMILES string of the molecule is CC(C)Cc1nnc(N2C(=O)c3oc4ccccc4c(=O)c3C23C(=O)N(Cc2ccccc2)c2ccccc23)s1. The molecule has 8 nitrogen and oxygen atoms in total. The molecule has 1 spiro atoms. The summed E-state index contributed by atoms with van der Waals surface area (Å²) >= 11 is 1.25. The van der Waals surface area contributed by atoms with Crippen LogP contribution in [0.4, 0.5) is 10.8 Å². The van der Waals surface area contributed by atoms with Crippen molar-refractivity contribution in [2.24, 2.45) is 5.92 Å². The van der Waals surface area contributed by atoms with E-state index < -0.39 is 22.8 Å². The summed E-state index contributed by atoms with van der Waals surface area (Å²) in [4.78, 5) is 46.3. The molecule has 0 bridgehead atoms. The van der Waals surface area contributed by atoms with E-state index in [-0.39, 0.29) is 28.6 Å². The molecule has 1 unspecified atom stereocenters. The molecule has 2 amide bonds. The second kappa shape index (κ2) is 8.96. The number of hydrogen-bond acceptors (Lipinski definition) is 7. The van der Waals surface area contributed by atoms with Gasteiger partial charge in [0.15, 0.2) is 11.0 Å². The highest BCUT2D eigenvalue weighted by Crippen LogP contribution is 2.54. The molecule has 2 aliphatic rings. The topological polar surface area (TPSA) is 96.6 Å². The zero-order valence-corrected chi connectivity index (χ0v) is 22.6. The van der Waals surface area contributed by atoms with Gasteiger partial charge in [-0.25, -0.2) is 0 Å². The van der Waals surface area contributed by atoms with E-state index in [1.165, 1.54) is 16.2 Å². The highest BCUT2D eigenvalue weighted by atomic mass is 32.1. The smallest absolute Gasteiger partial charge is 0.297 e. The van der Waals surface area contributed by atoms with Gasteiger partial charge in [0.2, 0.25) is 10.9 Å². The second-order valence-corrected chi connectivity index (χ2v) is 11.5. The quantitative estimate of drug-likeness (QED) is 0.296. The minimum atomic E-state index is -1.78. The Bertz CT molecular complexity index is 1880. The number of carbonyl (C=O) groups excluding carboxylic acids is 2. The van der Waals surface area contributed by atoms with Crippen LogP contribution in [0.25, 0.3) is 11.0 Å². The first-order chi connectivity index (χ1) is 19.4. The average Bonchev–Trinajstić information content (AvgIpc) is 3.58. The van der Waals surface area contributed by atoms with Gasteiger partial charge in [-0.1, -0.05) is 85.8 Å². The Labute approximate surface area is 233 Å². The Morgan fingerprint density at radius 3 is 2.42 bits per heavy atom. The van der Waals surface area contributed by atoms with Gasteiger partial charge in [0.05, 0.1) is 23.2 Å². The zero-order chi connectivity index (χ0) is 27.6. The number of aromatic nitrogens is 2. The molecule has 2 aliphatic heterocycles. The Balaban J connectivity index is 1.53. The summed E-state index contributed by atoms with van der Waals surface area (Å²) in [7, 11) is 0. The summed E-state index contributed by atoms with van der Waals surface area (Å²) in [6.45, 7) is 4.42. The van der Waals surface area contributed by atoms with Crippen LogP contribution in [-0.4, -0.2) is 22.0 Å². The van der Waals surface area contributed by atoms with Crippen LogP contribution in [0.15, 0.2) is 88.1 Å². The van der Waals surface area contributed by atoms with E-state index in [0.29, 0.717) is 29.0 Å². The van der Waals surface area contributed by atoms with Gasteiger partial charge in [-0.2, -0.15) is 0 Å². The molecule has 0 aliphatic carbocycles. The maximum absolute atomic E-state index is 14.9. The number of fused-ring (bicyclic) bond motifs is 5. The van der Waals surface area contributed by atoms with E-state index in [9.17, 15) is 14.4 Å². The van der Waals surface area contributed by atoms with E-state index in [1.807, 2.05) is 48.5 Å². The average molecular weight is 549 g/mol. The predicted octanol–water partition coefficient (Wildman–Crippen LogP) is 5.29. The van der Waals surface area contributed by atoms with Crippen molar-refractivity contribution >= 4 is 44.9 Å². The number of anilines is 2. The first kappa shape index (κ1) is 24.4. The van der Waals surface area contributed by atoms with Gasteiger partial charge in [-0.05, 0) is 29.7 Å². The molecule has 9 heteroatoms. The highest BCUT2D eigenvalue weighted by molar-refractivity contribution is 7.15. The fourth-order valence-electron chi connectivity index (χ4n) is 5.80. The van der Waals surface area contributed by atoms with Crippen molar-refractivity contribution in [2.75, 3.05) is 9.80 Å². The van der Waals surface area contributed by atoms with E-state index in [2.05, 4.69) is 24.0 Å². The van der Waals surface area contributed by atoms with Gasteiger partial charge in [-0.15, -0.1) is 10.2 Å². The highest BCUT2D eigenvalue weighted by Gasteiger charge is 2.66. The maximum atomic E-state index is 14.9. The Morgan fingerprint density at radius 1 is 0.900 bits per heavy atom. The lowest BCUT2D eigenvalue weighted by Crippen LogP contribution is -2.53. The lowest BCUT2D eigenvalue weighted by molar-refractivity contribution is -0.121. The van der Waals surface area contributed by atoms with Crippen LogP contribution in [0, 0.1) is 5.92 Å². The minimum Gasteiger partial charge on any atom is -0.450 e. The molecule has 0 N–H and O–H groups in total. The summed E-state index contributed by atoms with van der Waals surface area (Å²) in [5, 5.41) is 10.0. The minimum absolute atomic E-state index is 0.0184. The molecule has 5 aromatic rings. The van der Waals surface area contributed by atoms with E-state index >= 15 is 0 Å². The van der Waals surface area contributed by atoms with E-state index in [1.54, 1.807) is 35.2 Å². The second-order valence-electron chi connectivity index (χ2n) is 10.5. The predicted molar refractivity (Wildman–Crippen MR) is 153 cm³/mol. The molecular weight excluding hydrogens is 524 g/mol. The largest absolute Gasteiger partial charge is 0.450 e. The Morgan fingerprint density at radius 2 is 1.62 bits per heavy atom. The lowest BCUT2D eigenvalue weighted by Gasteiger charge is -2.32. The number of nitrogens with zero attached hydrogens (tertiary/aromatic N) is 4. The Hall–Kier alpha value is -4.63. The number of para-hydroxylation sites is 2. The summed E-state index contributed by atoms with van der Waals surface area (Å²) < 4.78 is 6.12. The van der Waals surface area contributed by atoms with Crippen molar-refractivity contribution < 1.29 is 14.0 Å². The van der Waals surface area contributed by atoms with Gasteiger partial charge >= 0.3 is 0 Å². The van der Waals surface area contributed by atoms with Crippen LogP contribution >= 0.6 is 11.3 Å². The maximum Gasteiger partial charge on any atom is 0.297 e. The molecule has 3 aromatic carbocycles. The number of benzene rings is 3. The van der Waals surface area contributed by atoms with Crippen molar-refractivity contribution in [3.05, 3.63) is 117 Å². The van der Waals surface area contributed by atoms with Crippen LogP contribution in [-0.2, 0) is 23.3 Å². The molecule has 0 fully saturated rings. The number of carbonyl (C=O) groups is 2. The molecule has 7 rings (SSSR count). The van der Waals surface area contributed by atoms with Crippen LogP contribution in [0.5, 0.6) is 0 Å². The van der Waals surface area contributed by atoms with Crippen LogP contribution < -0.4 is 15.2 Å². The van der Waals surface area contributed by atoms with Crippen molar-refractivity contribution in [3.63, 3.8) is 0 Å². The van der Waals surface area contributed by atoms with E-state index in [0.717, 1.165) is 10.6 Å². The lowest BCUT2D eigenvalue weighted by atomic mass is 9.84. The van der Waals surface area contributed by atoms with Crippen LogP contribution in [0.1, 0.15) is 46.1 Å². The molecule has 2 aromatic heterocycles. The summed E-state index contributed by atoms with van der Waals surface area (Å²) in [5.41, 5.74) is 0.187. The number of amides is 2. The third-order valence-corrected chi connectivity index (χ3v) is 8.38. The first-order valence-corrected chi connectivity index (χ1v) is 13.9. The van der Waals surface area contributed by atoms with Crippen LogP contribution in [0.2, 0.25) is 0 Å². The fourth-order valence-corrected chi connectivity index (χ4v) is 6.90. The number of rotatable bonds is 5. The monoisotopic (exact) mass is 548 g/mol. The first-order valence-electron chi connectivity index (χ1n) is 13.1. The third kappa shape index (κ3) is 3.34. The number of hydrogen-bond donors (Lipinski definition) is 0. The summed E-state index contributed by atoms with van der Waals surface area (Å²) in [5.74, 6) is -0.818. The van der Waals surface area contributed by atoms with Gasteiger partial charge in [0.1, 0.15) is 10.6 Å². The van der Waals surface area contributed by atoms with Gasteiger partial charge in [0, 0.05) is 12.0 Å². The van der Waals surface area contributed by atoms with Crippen molar-refractivity contribution in [1.29, 1.82) is 0 Å². The van der Waals surface area contributed by atoms with Gasteiger partial charge in [-0.3, -0.25) is 19.3 Å². The normalized spacial score (nSPS) is 17.9. The Kier molecular flexibility index (Phi) is 5.47. The molecule has 4 heterocycles. The molecular formula is C31H24N4O4S. The van der Waals surface area contributed by atoms with E-state index in [4.69, 9.17) is 4.42 Å². The molecule has 198 valence electrons. The molecule has 0 radical (unpaired) electrons. The summed E-state index contributed by atoms with van der Waals surface area (Å²) in [6, 6.07) is 23.7. The standard InChI is InChI=1S/C31H24N4O4S/c1-18(2)16-24-32-33-30(40-24)35-28(37)27-25(26(36)20-12-6-9-15-23(20)39-27)31(35)21-13-7-8-14-22(21)34(29(31)38)17-19-10-4-3-5-11-19/h3-15,18H,16-17H2,1-2H3. The van der Waals surface area contributed by atoms with Gasteiger partial charge < -0.3 is 9.32 Å². The van der Waals surface area contributed by atoms with Crippen molar-refractivity contribution in [1.82, 2.24) is 10.2 Å². The molecule has 0 saturated heterocycles. The van der Waals surface area contributed by atoms with Crippen molar-refractivity contribution in [3.8, 4) is 0 Å². The summed E-state index contributed by atoms with van der Waals surface area (Å²) in [6.07, 6.45) is 0.672. The zero-order valence-electron chi connectivity index (χ0n) is 21.8.